The Bertz CT molecular complexity index is 992. The Labute approximate surface area is 156 Å². The van der Waals surface area contributed by atoms with E-state index < -0.39 is 5.76 Å². The largest absolute Gasteiger partial charge is 0.496 e. The third-order valence-electron chi connectivity index (χ3n) is 4.15. The summed E-state index contributed by atoms with van der Waals surface area (Å²) in [5.74, 6) is -0.147. The number of carbonyl (C=O) groups excluding carboxylic acids is 1. The van der Waals surface area contributed by atoms with E-state index in [9.17, 15) is 9.59 Å². The molecule has 0 saturated carbocycles. The molecule has 7 heteroatoms. The number of hydrogen-bond donors (Lipinski definition) is 1. The molecule has 7 nitrogen and oxygen atoms in total. The fourth-order valence-electron chi connectivity index (χ4n) is 2.80. The number of rotatable bonds is 6. The molecule has 0 saturated heterocycles. The normalized spacial score (nSPS) is 11.8. The summed E-state index contributed by atoms with van der Waals surface area (Å²) in [7, 11) is 1.59. The van der Waals surface area contributed by atoms with Crippen molar-refractivity contribution in [1.29, 1.82) is 0 Å². The predicted molar refractivity (Wildman–Crippen MR) is 100 cm³/mol. The summed E-state index contributed by atoms with van der Waals surface area (Å²) < 4.78 is 11.5. The van der Waals surface area contributed by atoms with Gasteiger partial charge in [-0.05, 0) is 32.0 Å². The first-order valence-corrected chi connectivity index (χ1v) is 8.55. The van der Waals surface area contributed by atoms with Crippen LogP contribution in [0.25, 0.3) is 11.5 Å². The van der Waals surface area contributed by atoms with E-state index in [0.29, 0.717) is 11.3 Å². The maximum absolute atomic E-state index is 12.4. The van der Waals surface area contributed by atoms with E-state index >= 15 is 0 Å². The van der Waals surface area contributed by atoms with Gasteiger partial charge >= 0.3 is 5.76 Å². The molecular formula is C20H21N3O4. The molecule has 3 aromatic rings. The fraction of sp³-hybridized carbons (Fsp3) is 0.250. The lowest BCUT2D eigenvalue weighted by atomic mass is 10.0. The van der Waals surface area contributed by atoms with Crippen molar-refractivity contribution >= 4 is 5.91 Å². The number of amides is 1. The maximum atomic E-state index is 12.4. The van der Waals surface area contributed by atoms with E-state index in [-0.39, 0.29) is 24.4 Å². The summed E-state index contributed by atoms with van der Waals surface area (Å²) in [4.78, 5) is 24.4. The van der Waals surface area contributed by atoms with Crippen molar-refractivity contribution in [2.75, 3.05) is 7.11 Å². The molecule has 0 aliphatic heterocycles. The molecule has 0 radical (unpaired) electrons. The Morgan fingerprint density at radius 3 is 2.70 bits per heavy atom. The van der Waals surface area contributed by atoms with E-state index in [1.54, 1.807) is 19.2 Å². The van der Waals surface area contributed by atoms with Crippen molar-refractivity contribution in [3.63, 3.8) is 0 Å². The SMILES string of the molecule is COc1ccc(C)cc1C(C)NC(=O)Cn1nc(-c2ccccc2)oc1=O. The van der Waals surface area contributed by atoms with Gasteiger partial charge in [0.15, 0.2) is 0 Å². The van der Waals surface area contributed by atoms with Gasteiger partial charge in [-0.1, -0.05) is 35.9 Å². The smallest absolute Gasteiger partial charge is 0.437 e. The van der Waals surface area contributed by atoms with E-state index in [1.807, 2.05) is 50.2 Å². The second-order valence-electron chi connectivity index (χ2n) is 6.23. The number of benzene rings is 2. The van der Waals surface area contributed by atoms with Gasteiger partial charge in [-0.15, -0.1) is 5.10 Å². The van der Waals surface area contributed by atoms with Crippen LogP contribution >= 0.6 is 0 Å². The van der Waals surface area contributed by atoms with Crippen molar-refractivity contribution in [3.05, 3.63) is 70.2 Å². The first-order valence-electron chi connectivity index (χ1n) is 8.55. The number of nitrogens with zero attached hydrogens (tertiary/aromatic N) is 2. The Balaban J connectivity index is 1.72. The number of ether oxygens (including phenoxy) is 1. The van der Waals surface area contributed by atoms with Crippen molar-refractivity contribution in [2.24, 2.45) is 0 Å². The van der Waals surface area contributed by atoms with Crippen LogP contribution in [0, 0.1) is 6.92 Å². The molecule has 140 valence electrons. The third kappa shape index (κ3) is 4.25. The van der Waals surface area contributed by atoms with Crippen LogP contribution in [0.1, 0.15) is 24.1 Å². The highest BCUT2D eigenvalue weighted by molar-refractivity contribution is 5.76. The number of aromatic nitrogens is 2. The molecule has 1 aromatic heterocycles. The number of methoxy groups -OCH3 is 1. The van der Waals surface area contributed by atoms with Gasteiger partial charge in [-0.2, -0.15) is 4.68 Å². The Hall–Kier alpha value is -3.35. The van der Waals surface area contributed by atoms with Gasteiger partial charge in [0.25, 0.3) is 0 Å². The lowest BCUT2D eigenvalue weighted by Gasteiger charge is -2.17. The molecule has 2 aromatic carbocycles. The summed E-state index contributed by atoms with van der Waals surface area (Å²) >= 11 is 0. The van der Waals surface area contributed by atoms with Gasteiger partial charge in [0.1, 0.15) is 12.3 Å². The van der Waals surface area contributed by atoms with Crippen LogP contribution in [0.2, 0.25) is 0 Å². The first kappa shape index (κ1) is 18.4. The summed E-state index contributed by atoms with van der Waals surface area (Å²) in [6.07, 6.45) is 0. The second kappa shape index (κ2) is 7.90. The molecule has 0 bridgehead atoms. The molecule has 1 amide bonds. The van der Waals surface area contributed by atoms with E-state index in [1.165, 1.54) is 0 Å². The van der Waals surface area contributed by atoms with Crippen LogP contribution in [-0.4, -0.2) is 22.8 Å². The lowest BCUT2D eigenvalue weighted by molar-refractivity contribution is -0.122. The third-order valence-corrected chi connectivity index (χ3v) is 4.15. The minimum absolute atomic E-state index is 0.182. The van der Waals surface area contributed by atoms with E-state index in [2.05, 4.69) is 10.4 Å². The minimum Gasteiger partial charge on any atom is -0.496 e. The van der Waals surface area contributed by atoms with E-state index in [0.717, 1.165) is 15.8 Å². The number of hydrogen-bond acceptors (Lipinski definition) is 5. The molecule has 0 spiro atoms. The molecular weight excluding hydrogens is 346 g/mol. The molecule has 1 heterocycles. The lowest BCUT2D eigenvalue weighted by Crippen LogP contribution is -2.33. The van der Waals surface area contributed by atoms with Gasteiger partial charge in [0.05, 0.1) is 13.2 Å². The second-order valence-corrected chi connectivity index (χ2v) is 6.23. The molecule has 3 rings (SSSR count). The topological polar surface area (TPSA) is 86.4 Å². The van der Waals surface area contributed by atoms with Crippen molar-refractivity contribution in [3.8, 4) is 17.2 Å². The van der Waals surface area contributed by atoms with Crippen LogP contribution in [0.4, 0.5) is 0 Å². The maximum Gasteiger partial charge on any atom is 0.437 e. The summed E-state index contributed by atoms with van der Waals surface area (Å²) in [5.41, 5.74) is 2.60. The molecule has 0 aliphatic carbocycles. The molecule has 1 atom stereocenters. The summed E-state index contributed by atoms with van der Waals surface area (Å²) in [6, 6.07) is 14.5. The molecule has 1 unspecified atom stereocenters. The highest BCUT2D eigenvalue weighted by Crippen LogP contribution is 2.26. The molecule has 0 aliphatic rings. The summed E-state index contributed by atoms with van der Waals surface area (Å²) in [6.45, 7) is 3.60. The highest BCUT2D eigenvalue weighted by atomic mass is 16.5. The number of aryl methyl sites for hydroxylation is 1. The zero-order chi connectivity index (χ0) is 19.4. The average molecular weight is 367 g/mol. The van der Waals surface area contributed by atoms with Crippen molar-refractivity contribution < 1.29 is 13.9 Å². The van der Waals surface area contributed by atoms with Crippen LogP contribution in [0.5, 0.6) is 5.75 Å². The quantitative estimate of drug-likeness (QED) is 0.724. The van der Waals surface area contributed by atoms with Gasteiger partial charge in [-0.25, -0.2) is 4.79 Å². The van der Waals surface area contributed by atoms with Crippen LogP contribution in [-0.2, 0) is 11.3 Å². The van der Waals surface area contributed by atoms with Crippen molar-refractivity contribution in [2.45, 2.75) is 26.4 Å². The van der Waals surface area contributed by atoms with Gasteiger partial charge in [0, 0.05) is 11.1 Å². The van der Waals surface area contributed by atoms with Crippen LogP contribution in [0.3, 0.4) is 0 Å². The zero-order valence-corrected chi connectivity index (χ0v) is 15.4. The minimum atomic E-state index is -0.676. The average Bonchev–Trinajstić information content (AvgIpc) is 3.02. The van der Waals surface area contributed by atoms with Crippen LogP contribution < -0.4 is 15.8 Å². The molecule has 0 fully saturated rings. The standard InChI is InChI=1S/C20H21N3O4/c1-13-9-10-17(26-3)16(11-13)14(2)21-18(24)12-23-20(25)27-19(22-23)15-7-5-4-6-8-15/h4-11,14H,12H2,1-3H3,(H,21,24). The van der Waals surface area contributed by atoms with Gasteiger partial charge < -0.3 is 14.5 Å². The monoisotopic (exact) mass is 367 g/mol. The Morgan fingerprint density at radius 2 is 2.00 bits per heavy atom. The Kier molecular flexibility index (Phi) is 5.40. The van der Waals surface area contributed by atoms with Crippen molar-refractivity contribution in [1.82, 2.24) is 15.1 Å². The fourth-order valence-corrected chi connectivity index (χ4v) is 2.80. The number of nitrogens with one attached hydrogen (secondary N) is 1. The van der Waals surface area contributed by atoms with Gasteiger partial charge in [0.2, 0.25) is 11.8 Å². The molecule has 1 N–H and O–H groups in total. The van der Waals surface area contributed by atoms with Crippen LogP contribution in [0.15, 0.2) is 57.7 Å². The van der Waals surface area contributed by atoms with Gasteiger partial charge in [-0.3, -0.25) is 4.79 Å². The highest BCUT2D eigenvalue weighted by Gasteiger charge is 2.17. The first-order chi connectivity index (χ1) is 13.0. The summed E-state index contributed by atoms with van der Waals surface area (Å²) in [5, 5.41) is 6.96. The number of carbonyl (C=O) groups is 1. The predicted octanol–water partition coefficient (Wildman–Crippen LogP) is 2.70. The van der Waals surface area contributed by atoms with E-state index in [4.69, 9.17) is 9.15 Å². The zero-order valence-electron chi connectivity index (χ0n) is 15.4. The molecule has 27 heavy (non-hydrogen) atoms. The Morgan fingerprint density at radius 1 is 1.26 bits per heavy atom.